The highest BCUT2D eigenvalue weighted by Gasteiger charge is 2.38. The molecule has 0 spiro atoms. The number of ether oxygens (including phenoxy) is 2. The SMILES string of the molecule is CCCC(=O)Oc1ccc(P(=O)(O)CP(=O)(O)O)cc1C(C)(C)CC(=O)N1CCN(c2c(F)cc3c(=O)c(C(=O)O)cn(C4CC4)c3c2OC)CC1C. The number of halogens is 1. The first-order valence-corrected chi connectivity index (χ1v) is 20.8. The molecule has 1 aliphatic heterocycles. The monoisotopic (exact) mass is 779 g/mol. The number of anilines is 1. The van der Waals surface area contributed by atoms with Crippen LogP contribution in [-0.4, -0.2) is 85.8 Å². The maximum absolute atomic E-state index is 16.0. The average molecular weight is 780 g/mol. The number of nitrogens with zero attached hydrogens (tertiary/aromatic N) is 3. The summed E-state index contributed by atoms with van der Waals surface area (Å²) in [4.78, 5) is 84.2. The fourth-order valence-electron chi connectivity index (χ4n) is 6.89. The van der Waals surface area contributed by atoms with Crippen molar-refractivity contribution in [2.24, 2.45) is 0 Å². The number of hydrogen-bond acceptors (Lipinski definition) is 9. The van der Waals surface area contributed by atoms with Crippen LogP contribution in [0.1, 0.15) is 81.8 Å². The van der Waals surface area contributed by atoms with Gasteiger partial charge in [-0.1, -0.05) is 20.8 Å². The number of hydrogen-bond donors (Lipinski definition) is 4. The van der Waals surface area contributed by atoms with Crippen LogP contribution < -0.4 is 25.1 Å². The van der Waals surface area contributed by atoms with Gasteiger partial charge in [0.1, 0.15) is 22.9 Å². The molecule has 1 aromatic heterocycles. The van der Waals surface area contributed by atoms with Crippen LogP contribution in [0.3, 0.4) is 0 Å². The molecule has 0 bridgehead atoms. The molecule has 1 saturated carbocycles. The summed E-state index contributed by atoms with van der Waals surface area (Å²) in [6.07, 6.45) is 3.19. The summed E-state index contributed by atoms with van der Waals surface area (Å²) in [5.74, 6) is -4.26. The Morgan fingerprint density at radius 1 is 1.08 bits per heavy atom. The molecule has 1 aliphatic carbocycles. The van der Waals surface area contributed by atoms with E-state index >= 15 is 4.39 Å². The van der Waals surface area contributed by atoms with E-state index in [9.17, 15) is 48.1 Å². The Kier molecular flexibility index (Phi) is 11.3. The smallest absolute Gasteiger partial charge is 0.341 e. The number of piperazine rings is 1. The van der Waals surface area contributed by atoms with Crippen LogP contribution in [0.5, 0.6) is 11.5 Å². The summed E-state index contributed by atoms with van der Waals surface area (Å²) < 4.78 is 53.6. The minimum absolute atomic E-state index is 0.0399. The number of carboxylic acids is 1. The minimum atomic E-state index is -4.89. The highest BCUT2D eigenvalue weighted by Crippen LogP contribution is 2.54. The van der Waals surface area contributed by atoms with E-state index in [1.165, 1.54) is 31.5 Å². The molecule has 2 unspecified atom stereocenters. The van der Waals surface area contributed by atoms with Crippen LogP contribution in [0.4, 0.5) is 10.1 Å². The summed E-state index contributed by atoms with van der Waals surface area (Å²) in [6.45, 7) is 7.41. The summed E-state index contributed by atoms with van der Waals surface area (Å²) >= 11 is 0. The van der Waals surface area contributed by atoms with Crippen molar-refractivity contribution < 1.29 is 57.2 Å². The van der Waals surface area contributed by atoms with Crippen LogP contribution in [0.25, 0.3) is 10.9 Å². The predicted molar refractivity (Wildman–Crippen MR) is 194 cm³/mol. The lowest BCUT2D eigenvalue weighted by Crippen LogP contribution is -2.55. The Morgan fingerprint density at radius 2 is 1.75 bits per heavy atom. The van der Waals surface area contributed by atoms with E-state index in [4.69, 9.17) is 9.47 Å². The van der Waals surface area contributed by atoms with Crippen LogP contribution in [0, 0.1) is 5.82 Å². The first-order valence-electron chi connectivity index (χ1n) is 17.1. The lowest BCUT2D eigenvalue weighted by Gasteiger charge is -2.42. The van der Waals surface area contributed by atoms with Crippen LogP contribution in [0.2, 0.25) is 0 Å². The zero-order valence-electron chi connectivity index (χ0n) is 30.1. The molecule has 2 atom stereocenters. The lowest BCUT2D eigenvalue weighted by molar-refractivity contribution is -0.134. The first-order chi connectivity index (χ1) is 24.7. The topological polar surface area (TPSA) is 213 Å². The number of methoxy groups -OCH3 is 1. The molecule has 1 amide bonds. The molecule has 53 heavy (non-hydrogen) atoms. The first kappa shape index (κ1) is 40.1. The molecule has 288 valence electrons. The van der Waals surface area contributed by atoms with Crippen molar-refractivity contribution in [1.82, 2.24) is 9.47 Å². The van der Waals surface area contributed by atoms with Gasteiger partial charge in [0.05, 0.1) is 18.0 Å². The van der Waals surface area contributed by atoms with Crippen molar-refractivity contribution >= 4 is 54.7 Å². The number of carbonyl (C=O) groups is 3. The van der Waals surface area contributed by atoms with Gasteiger partial charge in [-0.25, -0.2) is 9.18 Å². The van der Waals surface area contributed by atoms with Gasteiger partial charge in [0, 0.05) is 67.0 Å². The van der Waals surface area contributed by atoms with Crippen molar-refractivity contribution in [1.29, 1.82) is 0 Å². The Balaban J connectivity index is 1.43. The Morgan fingerprint density at radius 3 is 2.32 bits per heavy atom. The Bertz CT molecular complexity index is 2130. The molecule has 5 rings (SSSR count). The number of aromatic carboxylic acids is 1. The van der Waals surface area contributed by atoms with Crippen molar-refractivity contribution in [3.05, 3.63) is 57.6 Å². The zero-order chi connectivity index (χ0) is 39.2. The third-order valence-electron chi connectivity index (χ3n) is 9.58. The van der Waals surface area contributed by atoms with E-state index in [2.05, 4.69) is 0 Å². The Labute approximate surface area is 304 Å². The van der Waals surface area contributed by atoms with Crippen LogP contribution in [-0.2, 0) is 24.1 Å². The summed E-state index contributed by atoms with van der Waals surface area (Å²) in [5.41, 5.74) is -1.82. The quantitative estimate of drug-likeness (QED) is 0.108. The molecule has 2 heterocycles. The second-order valence-electron chi connectivity index (χ2n) is 14.3. The molecular weight excluding hydrogens is 735 g/mol. The molecule has 2 aromatic carbocycles. The average Bonchev–Trinajstić information content (AvgIpc) is 3.89. The standard InChI is InChI=1S/C35H44FN3O12P2/c1-6-7-29(41)51-27-11-10-22(52(45,46)19-53(47,48)49)14-25(27)35(3,4)16-28(40)38-13-12-37(17-20(38)2)31-26(36)15-23-30(33(31)50-5)39(21-8-9-21)18-24(32(23)42)34(43)44/h10-11,14-15,18,20-21H,6-9,12-13,16-17,19H2,1-5H3,(H,43,44)(H,45,46)(H2,47,48,49). The van der Waals surface area contributed by atoms with Gasteiger partial charge < -0.3 is 43.6 Å². The van der Waals surface area contributed by atoms with Crippen molar-refractivity contribution in [3.63, 3.8) is 0 Å². The van der Waals surface area contributed by atoms with Gasteiger partial charge in [0.2, 0.25) is 18.7 Å². The van der Waals surface area contributed by atoms with Crippen LogP contribution >= 0.6 is 15.0 Å². The van der Waals surface area contributed by atoms with E-state index in [1.807, 2.05) is 0 Å². The van der Waals surface area contributed by atoms with Crippen molar-refractivity contribution in [2.75, 3.05) is 37.5 Å². The molecule has 18 heteroatoms. The van der Waals surface area contributed by atoms with E-state index in [0.29, 0.717) is 11.9 Å². The van der Waals surface area contributed by atoms with E-state index in [0.717, 1.165) is 18.9 Å². The third kappa shape index (κ3) is 8.52. The summed E-state index contributed by atoms with van der Waals surface area (Å²) in [7, 11) is -8.11. The molecule has 3 aromatic rings. The number of benzene rings is 2. The number of carboxylic acid groups (broad SMARTS) is 1. The Hall–Kier alpha value is -4.07. The number of rotatable bonds is 13. The number of fused-ring (bicyclic) bond motifs is 1. The molecular formula is C35H44FN3O12P2. The fraction of sp³-hybridized carbons (Fsp3) is 0.486. The predicted octanol–water partition coefficient (Wildman–Crippen LogP) is 4.32. The molecule has 1 saturated heterocycles. The normalized spacial score (nSPS) is 17.8. The lowest BCUT2D eigenvalue weighted by atomic mass is 9.80. The van der Waals surface area contributed by atoms with Gasteiger partial charge in [-0.3, -0.25) is 23.5 Å². The molecule has 0 radical (unpaired) electrons. The number of esters is 1. The summed E-state index contributed by atoms with van der Waals surface area (Å²) in [6, 6.07) is 4.19. The minimum Gasteiger partial charge on any atom is -0.492 e. The van der Waals surface area contributed by atoms with E-state index in [1.54, 1.807) is 42.1 Å². The molecule has 2 fully saturated rings. The van der Waals surface area contributed by atoms with Crippen molar-refractivity contribution in [2.45, 2.75) is 77.3 Å². The van der Waals surface area contributed by atoms with Gasteiger partial charge in [-0.05, 0) is 50.5 Å². The zero-order valence-corrected chi connectivity index (χ0v) is 31.9. The fourth-order valence-corrected chi connectivity index (χ4v) is 10.2. The molecule has 2 aliphatic rings. The van der Waals surface area contributed by atoms with Gasteiger partial charge >= 0.3 is 19.5 Å². The maximum atomic E-state index is 16.0. The number of carbonyl (C=O) groups excluding carboxylic acids is 2. The second kappa shape index (κ2) is 15.0. The second-order valence-corrected chi connectivity index (χ2v) is 18.7. The number of aromatic nitrogens is 1. The third-order valence-corrected chi connectivity index (χ3v) is 13.7. The van der Waals surface area contributed by atoms with Crippen molar-refractivity contribution in [3.8, 4) is 11.5 Å². The van der Waals surface area contributed by atoms with Gasteiger partial charge in [-0.2, -0.15) is 0 Å². The highest BCUT2D eigenvalue weighted by molar-refractivity contribution is 7.77. The van der Waals surface area contributed by atoms with E-state index < -0.39 is 61.1 Å². The van der Waals surface area contributed by atoms with E-state index in [-0.39, 0.29) is 77.9 Å². The molecule has 15 nitrogen and oxygen atoms in total. The highest BCUT2D eigenvalue weighted by atomic mass is 31.2. The summed E-state index contributed by atoms with van der Waals surface area (Å²) in [5, 5.41) is 9.26. The van der Waals surface area contributed by atoms with Gasteiger partial charge in [0.25, 0.3) is 0 Å². The largest absolute Gasteiger partial charge is 0.492 e. The van der Waals surface area contributed by atoms with Crippen LogP contribution in [0.15, 0.2) is 35.3 Å². The van der Waals surface area contributed by atoms with Gasteiger partial charge in [0.15, 0.2) is 11.6 Å². The molecule has 4 N–H and O–H groups in total. The van der Waals surface area contributed by atoms with Gasteiger partial charge in [-0.15, -0.1) is 0 Å². The number of amides is 1. The number of pyridine rings is 1. The maximum Gasteiger partial charge on any atom is 0.341 e.